The first-order valence-electron chi connectivity index (χ1n) is 11.3. The van der Waals surface area contributed by atoms with Crippen LogP contribution in [0.5, 0.6) is 5.75 Å². The number of aryl methyl sites for hydroxylation is 2. The van der Waals surface area contributed by atoms with E-state index in [-0.39, 0.29) is 18.1 Å². The molecule has 6 nitrogen and oxygen atoms in total. The summed E-state index contributed by atoms with van der Waals surface area (Å²) in [6, 6.07) is 25.5. The SMILES string of the molecule is Cc1ccc(C(=O)CSc2nnc(COc3cccc4cccnc34)n2-c2ccccc2)c(C)c1. The van der Waals surface area contributed by atoms with Crippen molar-refractivity contribution in [3.8, 4) is 11.4 Å². The number of thioether (sulfide) groups is 1. The predicted molar refractivity (Wildman–Crippen MR) is 138 cm³/mol. The molecule has 0 radical (unpaired) electrons. The van der Waals surface area contributed by atoms with E-state index in [1.165, 1.54) is 11.8 Å². The summed E-state index contributed by atoms with van der Waals surface area (Å²) in [7, 11) is 0. The number of rotatable bonds is 8. The number of carbonyl (C=O) groups is 1. The van der Waals surface area contributed by atoms with Gasteiger partial charge in [0.05, 0.1) is 5.75 Å². The molecule has 2 aromatic heterocycles. The number of aromatic nitrogens is 4. The van der Waals surface area contributed by atoms with E-state index in [1.807, 2.05) is 97.3 Å². The van der Waals surface area contributed by atoms with Crippen LogP contribution in [-0.4, -0.2) is 31.3 Å². The van der Waals surface area contributed by atoms with E-state index in [0.717, 1.165) is 33.3 Å². The lowest BCUT2D eigenvalue weighted by Crippen LogP contribution is -2.09. The van der Waals surface area contributed by atoms with Gasteiger partial charge in [0.2, 0.25) is 0 Å². The van der Waals surface area contributed by atoms with Gasteiger partial charge in [-0.05, 0) is 43.7 Å². The maximum Gasteiger partial charge on any atom is 0.196 e. The van der Waals surface area contributed by atoms with Crippen molar-refractivity contribution in [2.75, 3.05) is 5.75 Å². The van der Waals surface area contributed by atoms with Gasteiger partial charge in [-0.3, -0.25) is 14.3 Å². The van der Waals surface area contributed by atoms with Crippen molar-refractivity contribution in [2.24, 2.45) is 0 Å². The van der Waals surface area contributed by atoms with Crippen LogP contribution in [0, 0.1) is 13.8 Å². The Kier molecular flexibility index (Phi) is 6.59. The van der Waals surface area contributed by atoms with E-state index < -0.39 is 0 Å². The summed E-state index contributed by atoms with van der Waals surface area (Å²) >= 11 is 1.37. The van der Waals surface area contributed by atoms with Gasteiger partial charge in [-0.1, -0.05) is 71.9 Å². The summed E-state index contributed by atoms with van der Waals surface area (Å²) in [5.41, 5.74) is 4.57. The molecule has 0 amide bonds. The molecule has 0 aliphatic rings. The van der Waals surface area contributed by atoms with Gasteiger partial charge in [0.15, 0.2) is 16.8 Å². The van der Waals surface area contributed by atoms with Gasteiger partial charge < -0.3 is 4.74 Å². The zero-order chi connectivity index (χ0) is 24.2. The fraction of sp³-hybridized carbons (Fsp3) is 0.143. The number of Topliss-reactive ketones (excluding diaryl/α,β-unsaturated/α-hetero) is 1. The van der Waals surface area contributed by atoms with E-state index >= 15 is 0 Å². The number of fused-ring (bicyclic) bond motifs is 1. The summed E-state index contributed by atoms with van der Waals surface area (Å²) in [5, 5.41) is 10.5. The van der Waals surface area contributed by atoms with Crippen LogP contribution in [0.2, 0.25) is 0 Å². The van der Waals surface area contributed by atoms with Crippen molar-refractivity contribution >= 4 is 28.4 Å². The Morgan fingerprint density at radius 1 is 0.943 bits per heavy atom. The number of carbonyl (C=O) groups excluding carboxylic acids is 1. The molecule has 5 rings (SSSR count). The van der Waals surface area contributed by atoms with Crippen molar-refractivity contribution in [3.63, 3.8) is 0 Å². The average molecular weight is 481 g/mol. The van der Waals surface area contributed by atoms with E-state index in [1.54, 1.807) is 6.20 Å². The van der Waals surface area contributed by atoms with Crippen molar-refractivity contribution in [2.45, 2.75) is 25.6 Å². The number of nitrogens with zero attached hydrogens (tertiary/aromatic N) is 4. The summed E-state index contributed by atoms with van der Waals surface area (Å²) in [5.74, 6) is 1.66. The molecule has 174 valence electrons. The smallest absolute Gasteiger partial charge is 0.196 e. The number of ketones is 1. The van der Waals surface area contributed by atoms with E-state index in [0.29, 0.717) is 16.7 Å². The average Bonchev–Trinajstić information content (AvgIpc) is 3.29. The quantitative estimate of drug-likeness (QED) is 0.201. The first kappa shape index (κ1) is 22.8. The van der Waals surface area contributed by atoms with Crippen LogP contribution >= 0.6 is 11.8 Å². The highest BCUT2D eigenvalue weighted by molar-refractivity contribution is 7.99. The number of pyridine rings is 1. The highest BCUT2D eigenvalue weighted by Gasteiger charge is 2.18. The van der Waals surface area contributed by atoms with Gasteiger partial charge in [0.25, 0.3) is 0 Å². The highest BCUT2D eigenvalue weighted by atomic mass is 32.2. The molecule has 3 aromatic carbocycles. The molecule has 0 bridgehead atoms. The van der Waals surface area contributed by atoms with Gasteiger partial charge in [0, 0.05) is 22.8 Å². The third kappa shape index (κ3) is 4.95. The van der Waals surface area contributed by atoms with Gasteiger partial charge in [-0.25, -0.2) is 0 Å². The molecule has 0 N–H and O–H groups in total. The largest absolute Gasteiger partial charge is 0.483 e. The molecule has 0 fully saturated rings. The summed E-state index contributed by atoms with van der Waals surface area (Å²) in [4.78, 5) is 17.4. The van der Waals surface area contributed by atoms with Crippen LogP contribution in [0.3, 0.4) is 0 Å². The number of hydrogen-bond donors (Lipinski definition) is 0. The Hall–Kier alpha value is -3.97. The number of ether oxygens (including phenoxy) is 1. The molecule has 0 spiro atoms. The number of para-hydroxylation sites is 2. The van der Waals surface area contributed by atoms with Gasteiger partial charge >= 0.3 is 0 Å². The molecule has 0 aliphatic carbocycles. The van der Waals surface area contributed by atoms with Crippen LogP contribution in [0.4, 0.5) is 0 Å². The standard InChI is InChI=1S/C28H24N4O2S/c1-19-13-14-23(20(2)16-19)24(33)18-35-28-31-30-26(32(28)22-10-4-3-5-11-22)17-34-25-12-6-8-21-9-7-15-29-27(21)25/h3-16H,17-18H2,1-2H3. The summed E-state index contributed by atoms with van der Waals surface area (Å²) < 4.78 is 8.08. The minimum absolute atomic E-state index is 0.0646. The highest BCUT2D eigenvalue weighted by Crippen LogP contribution is 2.27. The lowest BCUT2D eigenvalue weighted by molar-refractivity contribution is 0.102. The molecule has 7 heteroatoms. The molecule has 35 heavy (non-hydrogen) atoms. The third-order valence-corrected chi connectivity index (χ3v) is 6.61. The fourth-order valence-corrected chi connectivity index (χ4v) is 4.85. The second-order valence-corrected chi connectivity index (χ2v) is 9.16. The molecule has 0 atom stereocenters. The molecular weight excluding hydrogens is 456 g/mol. The maximum atomic E-state index is 12.9. The van der Waals surface area contributed by atoms with Crippen molar-refractivity contribution < 1.29 is 9.53 Å². The third-order valence-electron chi connectivity index (χ3n) is 5.68. The first-order valence-corrected chi connectivity index (χ1v) is 12.3. The van der Waals surface area contributed by atoms with Crippen LogP contribution in [0.15, 0.2) is 90.2 Å². The van der Waals surface area contributed by atoms with E-state index in [2.05, 4.69) is 15.2 Å². The maximum absolute atomic E-state index is 12.9. The molecule has 0 unspecified atom stereocenters. The fourth-order valence-electron chi connectivity index (χ4n) is 3.99. The second-order valence-electron chi connectivity index (χ2n) is 8.22. The summed E-state index contributed by atoms with van der Waals surface area (Å²) in [6.45, 7) is 4.20. The van der Waals surface area contributed by atoms with Gasteiger partial charge in [-0.15, -0.1) is 10.2 Å². The van der Waals surface area contributed by atoms with Crippen LogP contribution in [0.25, 0.3) is 16.6 Å². The van der Waals surface area contributed by atoms with Crippen LogP contribution in [0.1, 0.15) is 27.3 Å². The minimum Gasteiger partial charge on any atom is -0.483 e. The number of benzene rings is 3. The first-order chi connectivity index (χ1) is 17.1. The molecule has 0 saturated carbocycles. The van der Waals surface area contributed by atoms with E-state index in [9.17, 15) is 4.79 Å². The van der Waals surface area contributed by atoms with Gasteiger partial charge in [0.1, 0.15) is 17.9 Å². The van der Waals surface area contributed by atoms with E-state index in [4.69, 9.17) is 4.74 Å². The van der Waals surface area contributed by atoms with Crippen LogP contribution in [-0.2, 0) is 6.61 Å². The predicted octanol–water partition coefficient (Wildman–Crippen LogP) is 5.99. The monoisotopic (exact) mass is 480 g/mol. The summed E-state index contributed by atoms with van der Waals surface area (Å²) in [6.07, 6.45) is 1.75. The Labute approximate surface area is 208 Å². The normalized spacial score (nSPS) is 11.0. The Bertz CT molecular complexity index is 1490. The Balaban J connectivity index is 1.40. The molecule has 0 aliphatic heterocycles. The Morgan fingerprint density at radius 3 is 2.60 bits per heavy atom. The van der Waals surface area contributed by atoms with Crippen molar-refractivity contribution in [1.29, 1.82) is 0 Å². The minimum atomic E-state index is 0.0646. The second kappa shape index (κ2) is 10.1. The molecule has 0 saturated heterocycles. The Morgan fingerprint density at radius 2 is 1.77 bits per heavy atom. The molecular formula is C28H24N4O2S. The van der Waals surface area contributed by atoms with Crippen molar-refractivity contribution in [1.82, 2.24) is 19.7 Å². The lowest BCUT2D eigenvalue weighted by Gasteiger charge is -2.12. The zero-order valence-electron chi connectivity index (χ0n) is 19.5. The number of hydrogen-bond acceptors (Lipinski definition) is 6. The van der Waals surface area contributed by atoms with Gasteiger partial charge in [-0.2, -0.15) is 0 Å². The molecule has 5 aromatic rings. The van der Waals surface area contributed by atoms with Crippen LogP contribution < -0.4 is 4.74 Å². The van der Waals surface area contributed by atoms with Crippen molar-refractivity contribution in [3.05, 3.63) is 108 Å². The lowest BCUT2D eigenvalue weighted by atomic mass is 10.0. The zero-order valence-corrected chi connectivity index (χ0v) is 20.3. The molecule has 2 heterocycles. The topological polar surface area (TPSA) is 69.9 Å².